The monoisotopic (exact) mass is 486 g/mol. The molecule has 35 heavy (non-hydrogen) atoms. The average molecular weight is 487 g/mol. The van der Waals surface area contributed by atoms with Gasteiger partial charge in [0.2, 0.25) is 0 Å². The second-order valence-corrected chi connectivity index (χ2v) is 9.34. The van der Waals surface area contributed by atoms with E-state index in [0.717, 1.165) is 38.6 Å². The molecule has 3 aromatic heterocycles. The van der Waals surface area contributed by atoms with Gasteiger partial charge < -0.3 is 16.4 Å². The Labute approximate surface area is 206 Å². The summed E-state index contributed by atoms with van der Waals surface area (Å²) in [7, 11) is 0. The van der Waals surface area contributed by atoms with E-state index in [1.54, 1.807) is 41.8 Å². The number of carbonyl (C=O) groups excluding carboxylic acids is 1. The number of benzene rings is 1. The maximum Gasteiger partial charge on any atom is 0.255 e. The van der Waals surface area contributed by atoms with Crippen LogP contribution in [-0.2, 0) is 13.0 Å². The van der Waals surface area contributed by atoms with Crippen molar-refractivity contribution >= 4 is 34.5 Å². The molecule has 1 aliphatic carbocycles. The number of hydrogen-bond acceptors (Lipinski definition) is 7. The number of rotatable bonds is 7. The number of amides is 1. The Bertz CT molecular complexity index is 1420. The van der Waals surface area contributed by atoms with Crippen LogP contribution < -0.4 is 16.4 Å². The first-order valence-corrected chi connectivity index (χ1v) is 12.0. The molecule has 1 aromatic carbocycles. The highest BCUT2D eigenvalue weighted by Gasteiger charge is 2.22. The molecule has 4 aromatic rings. The largest absolute Gasteiger partial charge is 0.383 e. The third-order valence-corrected chi connectivity index (χ3v) is 6.97. The number of fused-ring (bicyclic) bond motifs is 1. The summed E-state index contributed by atoms with van der Waals surface area (Å²) in [5.74, 6) is 0.417. The van der Waals surface area contributed by atoms with Gasteiger partial charge in [-0.05, 0) is 48.9 Å². The minimum absolute atomic E-state index is 0.257. The van der Waals surface area contributed by atoms with Gasteiger partial charge in [0.25, 0.3) is 5.91 Å². The fraction of sp³-hybridized carbons (Fsp3) is 0.154. The van der Waals surface area contributed by atoms with Gasteiger partial charge in [-0.1, -0.05) is 18.2 Å². The number of pyridine rings is 1. The zero-order chi connectivity index (χ0) is 24.4. The fourth-order valence-corrected chi connectivity index (χ4v) is 5.03. The van der Waals surface area contributed by atoms with Crippen LogP contribution in [-0.4, -0.2) is 20.9 Å². The number of nitrogens with two attached hydrogens (primary N) is 1. The lowest BCUT2D eigenvalue weighted by molar-refractivity contribution is 0.0940. The zero-order valence-electron chi connectivity index (χ0n) is 19.0. The first-order chi connectivity index (χ1) is 17.0. The zero-order valence-corrected chi connectivity index (χ0v) is 19.8. The summed E-state index contributed by atoms with van der Waals surface area (Å²) in [6.45, 7) is 2.37. The molecule has 0 saturated heterocycles. The molecule has 0 bridgehead atoms. The number of nitrogen functional groups attached to an aromatic ring is 1. The minimum atomic E-state index is -0.312. The molecular formula is C26H23FN6OS. The van der Waals surface area contributed by atoms with Crippen LogP contribution in [0.25, 0.3) is 5.57 Å². The number of nitrogens with one attached hydrogen (secondary N) is 2. The van der Waals surface area contributed by atoms with Gasteiger partial charge in [0.05, 0.1) is 23.8 Å². The van der Waals surface area contributed by atoms with E-state index >= 15 is 0 Å². The van der Waals surface area contributed by atoms with Gasteiger partial charge in [-0.15, -0.1) is 11.3 Å². The molecule has 0 fully saturated rings. The lowest BCUT2D eigenvalue weighted by Gasteiger charge is -2.16. The summed E-state index contributed by atoms with van der Waals surface area (Å²) in [6, 6.07) is 13.4. The van der Waals surface area contributed by atoms with Crippen LogP contribution in [0.5, 0.6) is 0 Å². The fourth-order valence-electron chi connectivity index (χ4n) is 4.04. The molecule has 9 heteroatoms. The second kappa shape index (κ2) is 9.63. The van der Waals surface area contributed by atoms with Crippen molar-refractivity contribution in [2.45, 2.75) is 25.9 Å². The Hall–Kier alpha value is -4.11. The van der Waals surface area contributed by atoms with E-state index in [4.69, 9.17) is 5.73 Å². The number of carbonyl (C=O) groups is 1. The smallest absolute Gasteiger partial charge is 0.255 e. The van der Waals surface area contributed by atoms with E-state index in [-0.39, 0.29) is 17.8 Å². The molecular weight excluding hydrogens is 463 g/mol. The van der Waals surface area contributed by atoms with Crippen LogP contribution in [0.1, 0.15) is 49.9 Å². The van der Waals surface area contributed by atoms with Crippen LogP contribution >= 0.6 is 11.3 Å². The molecule has 1 aliphatic rings. The molecule has 1 atom stereocenters. The van der Waals surface area contributed by atoms with Crippen molar-refractivity contribution in [3.05, 3.63) is 105 Å². The second-order valence-electron chi connectivity index (χ2n) is 8.17. The maximum absolute atomic E-state index is 13.2. The highest BCUT2D eigenvalue weighted by molar-refractivity contribution is 7.13. The lowest BCUT2D eigenvalue weighted by Crippen LogP contribution is -2.27. The molecule has 176 valence electrons. The van der Waals surface area contributed by atoms with Crippen LogP contribution in [0.3, 0.4) is 0 Å². The molecule has 0 radical (unpaired) electrons. The highest BCUT2D eigenvalue weighted by atomic mass is 32.1. The van der Waals surface area contributed by atoms with Crippen molar-refractivity contribution in [1.29, 1.82) is 0 Å². The Balaban J connectivity index is 1.27. The van der Waals surface area contributed by atoms with Gasteiger partial charge in [-0.2, -0.15) is 0 Å². The van der Waals surface area contributed by atoms with Crippen LogP contribution in [0.15, 0.2) is 67.1 Å². The lowest BCUT2D eigenvalue weighted by atomic mass is 10.1. The number of nitrogens with zero attached hydrogens (tertiary/aromatic N) is 3. The third-order valence-electron chi connectivity index (χ3n) is 5.85. The summed E-state index contributed by atoms with van der Waals surface area (Å²) < 4.78 is 13.2. The maximum atomic E-state index is 13.2. The average Bonchev–Trinajstić information content (AvgIpc) is 3.51. The van der Waals surface area contributed by atoms with Gasteiger partial charge in [0.15, 0.2) is 0 Å². The number of anilines is 2. The van der Waals surface area contributed by atoms with Crippen molar-refractivity contribution in [3.63, 3.8) is 0 Å². The summed E-state index contributed by atoms with van der Waals surface area (Å²) in [6.07, 6.45) is 6.01. The first-order valence-electron chi connectivity index (χ1n) is 11.1. The standard InChI is InChI=1S/C26H23FN6OS/c1-15(16-4-6-17(27)7-5-16)33-26(34)20-3-2-12-29-25(20)30-13-18-8-11-22(35-18)19-9-10-21-23(19)24(28)32-14-31-21/h2-9,11-12,14-15H,10,13H2,1H3,(H,29,30)(H,33,34)(H2,28,31,32)/t15-/m0/s1. The number of allylic oxidation sites excluding steroid dienone is 1. The van der Waals surface area contributed by atoms with Crippen molar-refractivity contribution < 1.29 is 9.18 Å². The van der Waals surface area contributed by atoms with E-state index in [9.17, 15) is 9.18 Å². The van der Waals surface area contributed by atoms with E-state index in [2.05, 4.69) is 37.7 Å². The first kappa shape index (κ1) is 22.7. The Kier molecular flexibility index (Phi) is 6.24. The van der Waals surface area contributed by atoms with Crippen LogP contribution in [0.4, 0.5) is 16.0 Å². The summed E-state index contributed by atoms with van der Waals surface area (Å²) in [5, 5.41) is 6.24. The third kappa shape index (κ3) is 4.76. The summed E-state index contributed by atoms with van der Waals surface area (Å²) >= 11 is 1.64. The van der Waals surface area contributed by atoms with E-state index in [1.807, 2.05) is 13.0 Å². The van der Waals surface area contributed by atoms with Gasteiger partial charge in [0, 0.05) is 33.5 Å². The van der Waals surface area contributed by atoms with Crippen molar-refractivity contribution in [1.82, 2.24) is 20.3 Å². The molecule has 0 aliphatic heterocycles. The minimum Gasteiger partial charge on any atom is -0.383 e. The topological polar surface area (TPSA) is 106 Å². The highest BCUT2D eigenvalue weighted by Crippen LogP contribution is 2.37. The Morgan fingerprint density at radius 3 is 2.80 bits per heavy atom. The summed E-state index contributed by atoms with van der Waals surface area (Å²) in [5.41, 5.74) is 10.3. The number of halogens is 1. The normalized spacial score (nSPS) is 13.1. The SMILES string of the molecule is C[C@H](NC(=O)c1cccnc1NCc1ccc(C2=CCc3ncnc(N)c32)s1)c1ccc(F)cc1. The quantitative estimate of drug-likeness (QED) is 0.348. The molecule has 0 unspecified atom stereocenters. The molecule has 7 nitrogen and oxygen atoms in total. The van der Waals surface area contributed by atoms with Gasteiger partial charge in [0.1, 0.15) is 23.8 Å². The van der Waals surface area contributed by atoms with Gasteiger partial charge in [-0.3, -0.25) is 4.79 Å². The van der Waals surface area contributed by atoms with E-state index in [1.165, 1.54) is 18.5 Å². The predicted octanol–water partition coefficient (Wildman–Crippen LogP) is 4.75. The Morgan fingerprint density at radius 1 is 1.14 bits per heavy atom. The van der Waals surface area contributed by atoms with Gasteiger partial charge in [-0.25, -0.2) is 19.3 Å². The molecule has 4 N–H and O–H groups in total. The summed E-state index contributed by atoms with van der Waals surface area (Å²) in [4.78, 5) is 28.0. The van der Waals surface area contributed by atoms with Crippen LogP contribution in [0, 0.1) is 5.82 Å². The molecule has 3 heterocycles. The number of thiophene rings is 1. The molecule has 5 rings (SSSR count). The van der Waals surface area contributed by atoms with Gasteiger partial charge >= 0.3 is 0 Å². The van der Waals surface area contributed by atoms with Crippen LogP contribution in [0.2, 0.25) is 0 Å². The molecule has 0 saturated carbocycles. The van der Waals surface area contributed by atoms with Crippen molar-refractivity contribution in [3.8, 4) is 0 Å². The van der Waals surface area contributed by atoms with E-state index in [0.29, 0.717) is 23.7 Å². The van der Waals surface area contributed by atoms with E-state index < -0.39 is 0 Å². The molecule has 1 amide bonds. The Morgan fingerprint density at radius 2 is 1.97 bits per heavy atom. The predicted molar refractivity (Wildman–Crippen MR) is 135 cm³/mol. The number of aromatic nitrogens is 3. The number of hydrogen-bond donors (Lipinski definition) is 3. The van der Waals surface area contributed by atoms with Crippen molar-refractivity contribution in [2.24, 2.45) is 0 Å². The van der Waals surface area contributed by atoms with Crippen molar-refractivity contribution in [2.75, 3.05) is 11.1 Å². The molecule has 0 spiro atoms.